The number of hydrazine groups is 1. The normalized spacial score (nSPS) is 10.7. The summed E-state index contributed by atoms with van der Waals surface area (Å²) >= 11 is 0. The maximum Gasteiger partial charge on any atom is 0.297 e. The standard InChI is InChI=1S/C22H23N2O3P/c1-15-7-6-9-21(24(23)28-25)20(15)14-27-17-12-11-16(2)19(13-17)18-8-4-5-10-22(18)26-3/h4-13H,14,23H2,1-3H3. The van der Waals surface area contributed by atoms with Crippen molar-refractivity contribution in [1.29, 1.82) is 0 Å². The zero-order chi connectivity index (χ0) is 20.1. The second-order valence-corrected chi connectivity index (χ2v) is 7.06. The zero-order valence-corrected chi connectivity index (χ0v) is 17.1. The van der Waals surface area contributed by atoms with Crippen LogP contribution in [-0.2, 0) is 11.2 Å². The van der Waals surface area contributed by atoms with Gasteiger partial charge in [0.1, 0.15) is 18.1 Å². The Bertz CT molecular complexity index is 991. The maximum atomic E-state index is 11.2. The largest absolute Gasteiger partial charge is 0.496 e. The molecule has 0 unspecified atom stereocenters. The summed E-state index contributed by atoms with van der Waals surface area (Å²) in [4.78, 5) is 0. The number of hydrogen-bond donors (Lipinski definition) is 1. The monoisotopic (exact) mass is 394 g/mol. The molecule has 0 aromatic heterocycles. The van der Waals surface area contributed by atoms with Crippen molar-refractivity contribution in [2.45, 2.75) is 20.5 Å². The van der Waals surface area contributed by atoms with Crippen LogP contribution >= 0.6 is 8.61 Å². The molecular weight excluding hydrogens is 371 g/mol. The summed E-state index contributed by atoms with van der Waals surface area (Å²) in [5.74, 6) is 7.38. The van der Waals surface area contributed by atoms with Crippen molar-refractivity contribution in [3.05, 3.63) is 77.4 Å². The van der Waals surface area contributed by atoms with Gasteiger partial charge in [0.2, 0.25) is 0 Å². The number of nitrogens with two attached hydrogens (primary N) is 1. The van der Waals surface area contributed by atoms with Crippen LogP contribution in [0, 0.1) is 13.8 Å². The fraction of sp³-hybridized carbons (Fsp3) is 0.182. The molecule has 0 radical (unpaired) electrons. The van der Waals surface area contributed by atoms with Crippen LogP contribution in [0.3, 0.4) is 0 Å². The average molecular weight is 394 g/mol. The molecule has 0 saturated heterocycles. The van der Waals surface area contributed by atoms with E-state index >= 15 is 0 Å². The molecule has 0 saturated carbocycles. The van der Waals surface area contributed by atoms with Crippen molar-refractivity contribution in [3.63, 3.8) is 0 Å². The fourth-order valence-electron chi connectivity index (χ4n) is 3.14. The Morgan fingerprint density at radius 3 is 2.50 bits per heavy atom. The number of anilines is 1. The summed E-state index contributed by atoms with van der Waals surface area (Å²) < 4.78 is 23.9. The number of aryl methyl sites for hydroxylation is 2. The van der Waals surface area contributed by atoms with Crippen LogP contribution in [0.15, 0.2) is 60.7 Å². The number of ether oxygens (including phenoxy) is 2. The Balaban J connectivity index is 1.91. The highest BCUT2D eigenvalue weighted by Crippen LogP contribution is 2.35. The van der Waals surface area contributed by atoms with E-state index < -0.39 is 0 Å². The molecule has 5 nitrogen and oxygen atoms in total. The summed E-state index contributed by atoms with van der Waals surface area (Å²) in [6.07, 6.45) is 0. The van der Waals surface area contributed by atoms with Crippen molar-refractivity contribution in [1.82, 2.24) is 0 Å². The van der Waals surface area contributed by atoms with E-state index in [4.69, 9.17) is 15.3 Å². The molecule has 0 aliphatic rings. The van der Waals surface area contributed by atoms with Gasteiger partial charge in [-0.25, -0.2) is 15.2 Å². The number of nitrogens with zero attached hydrogens (tertiary/aromatic N) is 1. The van der Waals surface area contributed by atoms with E-state index in [0.717, 1.165) is 39.3 Å². The fourth-order valence-corrected chi connectivity index (χ4v) is 3.41. The Labute approximate surface area is 166 Å². The molecule has 0 spiro atoms. The molecule has 0 bridgehead atoms. The van der Waals surface area contributed by atoms with E-state index in [1.165, 1.54) is 4.78 Å². The second-order valence-electron chi connectivity index (χ2n) is 6.46. The maximum absolute atomic E-state index is 11.2. The van der Waals surface area contributed by atoms with E-state index in [9.17, 15) is 4.57 Å². The Morgan fingerprint density at radius 2 is 1.75 bits per heavy atom. The number of para-hydroxylation sites is 1. The first-order valence-electron chi connectivity index (χ1n) is 8.88. The number of rotatable bonds is 7. The first-order valence-corrected chi connectivity index (χ1v) is 9.65. The Morgan fingerprint density at radius 1 is 0.964 bits per heavy atom. The van der Waals surface area contributed by atoms with Crippen molar-refractivity contribution in [2.75, 3.05) is 11.9 Å². The molecule has 0 fully saturated rings. The first-order chi connectivity index (χ1) is 13.5. The Hall–Kier alpha value is -2.88. The zero-order valence-electron chi connectivity index (χ0n) is 16.2. The number of methoxy groups -OCH3 is 1. The van der Waals surface area contributed by atoms with Crippen LogP contribution in [-0.4, -0.2) is 7.11 Å². The second kappa shape index (κ2) is 8.87. The quantitative estimate of drug-likeness (QED) is 0.328. The third kappa shape index (κ3) is 4.16. The van der Waals surface area contributed by atoms with Gasteiger partial charge in [-0.15, -0.1) is 0 Å². The Kier molecular flexibility index (Phi) is 6.30. The van der Waals surface area contributed by atoms with Crippen LogP contribution in [0.1, 0.15) is 16.7 Å². The summed E-state index contributed by atoms with van der Waals surface area (Å²) in [5.41, 5.74) is 5.79. The predicted octanol–water partition coefficient (Wildman–Crippen LogP) is 5.44. The van der Waals surface area contributed by atoms with Gasteiger partial charge in [-0.2, -0.15) is 0 Å². The van der Waals surface area contributed by atoms with Crippen molar-refractivity contribution < 1.29 is 14.0 Å². The van der Waals surface area contributed by atoms with E-state index in [1.54, 1.807) is 7.11 Å². The third-order valence-electron chi connectivity index (χ3n) is 4.71. The lowest BCUT2D eigenvalue weighted by Crippen LogP contribution is -2.21. The van der Waals surface area contributed by atoms with Crippen LogP contribution in [0.4, 0.5) is 5.69 Å². The summed E-state index contributed by atoms with van der Waals surface area (Å²) in [6.45, 7) is 4.36. The molecule has 2 N–H and O–H groups in total. The smallest absolute Gasteiger partial charge is 0.297 e. The molecular formula is C22H23N2O3P. The van der Waals surface area contributed by atoms with E-state index in [1.807, 2.05) is 67.6 Å². The molecule has 6 heteroatoms. The van der Waals surface area contributed by atoms with Gasteiger partial charge in [-0.3, -0.25) is 0 Å². The molecule has 0 atom stereocenters. The molecule has 144 valence electrons. The predicted molar refractivity (Wildman–Crippen MR) is 113 cm³/mol. The lowest BCUT2D eigenvalue weighted by atomic mass is 9.99. The summed E-state index contributed by atoms with van der Waals surface area (Å²) in [5, 5.41) is 0. The van der Waals surface area contributed by atoms with Gasteiger partial charge in [0, 0.05) is 11.1 Å². The highest BCUT2D eigenvalue weighted by Gasteiger charge is 2.13. The first kappa shape index (κ1) is 19.9. The van der Waals surface area contributed by atoms with Crippen molar-refractivity contribution in [3.8, 4) is 22.6 Å². The van der Waals surface area contributed by atoms with Crippen molar-refractivity contribution >= 4 is 14.3 Å². The molecule has 3 aromatic rings. The van der Waals surface area contributed by atoms with Crippen LogP contribution < -0.4 is 20.1 Å². The van der Waals surface area contributed by atoms with Gasteiger partial charge >= 0.3 is 0 Å². The number of benzene rings is 3. The minimum absolute atomic E-state index is 0.270. The average Bonchev–Trinajstić information content (AvgIpc) is 2.73. The number of hydrogen-bond acceptors (Lipinski definition) is 4. The molecule has 0 aliphatic heterocycles. The highest BCUT2D eigenvalue weighted by atomic mass is 31.1. The van der Waals surface area contributed by atoms with Crippen LogP contribution in [0.5, 0.6) is 11.5 Å². The van der Waals surface area contributed by atoms with Gasteiger partial charge in [-0.05, 0) is 54.8 Å². The van der Waals surface area contributed by atoms with Gasteiger partial charge in [-0.1, -0.05) is 36.4 Å². The molecule has 3 aromatic carbocycles. The summed E-state index contributed by atoms with van der Waals surface area (Å²) in [6, 6.07) is 19.6. The van der Waals surface area contributed by atoms with Crippen LogP contribution in [0.2, 0.25) is 0 Å². The van der Waals surface area contributed by atoms with E-state index in [-0.39, 0.29) is 8.61 Å². The highest BCUT2D eigenvalue weighted by molar-refractivity contribution is 7.25. The lowest BCUT2D eigenvalue weighted by Gasteiger charge is -2.18. The molecule has 3 rings (SSSR count). The van der Waals surface area contributed by atoms with Crippen LogP contribution in [0.25, 0.3) is 11.1 Å². The van der Waals surface area contributed by atoms with Crippen molar-refractivity contribution in [2.24, 2.45) is 5.84 Å². The SMILES string of the molecule is COc1ccccc1-c1cc(OCc2c(C)cccc2N(N)P=O)ccc1C. The minimum atomic E-state index is -0.270. The lowest BCUT2D eigenvalue weighted by molar-refractivity contribution is 0.306. The van der Waals surface area contributed by atoms with E-state index in [0.29, 0.717) is 12.3 Å². The van der Waals surface area contributed by atoms with E-state index in [2.05, 4.69) is 6.92 Å². The topological polar surface area (TPSA) is 64.8 Å². The molecule has 0 aliphatic carbocycles. The summed E-state index contributed by atoms with van der Waals surface area (Å²) in [7, 11) is 1.40. The minimum Gasteiger partial charge on any atom is -0.496 e. The third-order valence-corrected chi connectivity index (χ3v) is 5.10. The van der Waals surface area contributed by atoms with Gasteiger partial charge in [0.15, 0.2) is 0 Å². The van der Waals surface area contributed by atoms with Gasteiger partial charge < -0.3 is 9.47 Å². The molecule has 0 heterocycles. The molecule has 0 amide bonds. The molecule has 28 heavy (non-hydrogen) atoms. The van der Waals surface area contributed by atoms with Gasteiger partial charge in [0.05, 0.1) is 12.8 Å². The van der Waals surface area contributed by atoms with Gasteiger partial charge in [0.25, 0.3) is 8.61 Å².